The standard InChI is InChI=1S/C2H4BrNO2/c1-2(5)6-4-3/h4H,1H3. The average molecular weight is 154 g/mol. The lowest BCUT2D eigenvalue weighted by Gasteiger charge is -1.88. The maximum absolute atomic E-state index is 9.73. The highest BCUT2D eigenvalue weighted by Crippen LogP contribution is 1.70. The summed E-state index contributed by atoms with van der Waals surface area (Å²) in [6.07, 6.45) is 0. The molecule has 0 spiro atoms. The summed E-state index contributed by atoms with van der Waals surface area (Å²) in [5, 5.41) is 0. The van der Waals surface area contributed by atoms with Crippen LogP contribution in [-0.2, 0) is 9.63 Å². The topological polar surface area (TPSA) is 38.3 Å². The zero-order chi connectivity index (χ0) is 4.99. The smallest absolute Gasteiger partial charge is 0.322 e. The molecule has 0 saturated heterocycles. The van der Waals surface area contributed by atoms with Gasteiger partial charge in [-0.3, -0.25) is 4.79 Å². The van der Waals surface area contributed by atoms with E-state index in [9.17, 15) is 4.79 Å². The first-order chi connectivity index (χ1) is 2.77. The molecular formula is C2H4BrNO2. The van der Waals surface area contributed by atoms with Gasteiger partial charge in [-0.15, -0.1) is 0 Å². The molecule has 0 atom stereocenters. The zero-order valence-corrected chi connectivity index (χ0v) is 4.78. The summed E-state index contributed by atoms with van der Waals surface area (Å²) in [4.78, 5) is 13.8. The summed E-state index contributed by atoms with van der Waals surface area (Å²) >= 11 is 2.66. The summed E-state index contributed by atoms with van der Waals surface area (Å²) in [6.45, 7) is 1.30. The quantitative estimate of drug-likeness (QED) is 0.437. The van der Waals surface area contributed by atoms with E-state index < -0.39 is 0 Å². The van der Waals surface area contributed by atoms with Crippen LogP contribution in [0.25, 0.3) is 0 Å². The molecule has 0 fully saturated rings. The molecule has 36 valence electrons. The molecule has 0 aromatic rings. The van der Waals surface area contributed by atoms with Crippen LogP contribution in [0.1, 0.15) is 6.92 Å². The molecule has 0 amide bonds. The Labute approximate surface area is 44.0 Å². The van der Waals surface area contributed by atoms with Gasteiger partial charge in [0.2, 0.25) is 0 Å². The van der Waals surface area contributed by atoms with Crippen LogP contribution in [0.4, 0.5) is 0 Å². The van der Waals surface area contributed by atoms with E-state index in [1.54, 1.807) is 0 Å². The fraction of sp³-hybridized carbons (Fsp3) is 0.500. The second-order valence-corrected chi connectivity index (χ2v) is 0.995. The molecule has 0 rings (SSSR count). The first-order valence-corrected chi connectivity index (χ1v) is 2.09. The lowest BCUT2D eigenvalue weighted by atomic mass is 10.8. The predicted octanol–water partition coefficient (Wildman–Crippen LogP) is 0.364. The summed E-state index contributed by atoms with van der Waals surface area (Å²) < 4.78 is 2.03. The van der Waals surface area contributed by atoms with Gasteiger partial charge in [-0.2, -0.15) is 0 Å². The van der Waals surface area contributed by atoms with Crippen LogP contribution >= 0.6 is 16.1 Å². The zero-order valence-electron chi connectivity index (χ0n) is 3.19. The Bertz CT molecular complexity index is 55.5. The highest BCUT2D eigenvalue weighted by Gasteiger charge is 1.82. The van der Waals surface area contributed by atoms with Crippen molar-refractivity contribution in [3.05, 3.63) is 0 Å². The van der Waals surface area contributed by atoms with Crippen molar-refractivity contribution in [1.29, 1.82) is 0 Å². The number of rotatable bonds is 1. The minimum Gasteiger partial charge on any atom is -0.360 e. The van der Waals surface area contributed by atoms with Crippen molar-refractivity contribution >= 4 is 22.1 Å². The van der Waals surface area contributed by atoms with Crippen LogP contribution in [0, 0.1) is 0 Å². The van der Waals surface area contributed by atoms with Crippen molar-refractivity contribution in [3.8, 4) is 0 Å². The number of carbonyl (C=O) groups excluding carboxylic acids is 1. The van der Waals surface area contributed by atoms with Crippen LogP contribution in [0.5, 0.6) is 0 Å². The van der Waals surface area contributed by atoms with Crippen LogP contribution in [0.2, 0.25) is 0 Å². The number of carbonyl (C=O) groups is 1. The van der Waals surface area contributed by atoms with Gasteiger partial charge in [-0.25, -0.2) is 0 Å². The van der Waals surface area contributed by atoms with Gasteiger partial charge in [0.15, 0.2) is 0 Å². The number of halogens is 1. The van der Waals surface area contributed by atoms with E-state index in [-0.39, 0.29) is 5.97 Å². The minimum atomic E-state index is -0.369. The molecule has 0 bridgehead atoms. The van der Waals surface area contributed by atoms with E-state index in [0.717, 1.165) is 0 Å². The molecule has 6 heavy (non-hydrogen) atoms. The second kappa shape index (κ2) is 3.11. The molecule has 0 unspecified atom stereocenters. The molecule has 0 saturated carbocycles. The van der Waals surface area contributed by atoms with Gasteiger partial charge in [0.25, 0.3) is 0 Å². The monoisotopic (exact) mass is 153 g/mol. The Hall–Kier alpha value is -0.0900. The van der Waals surface area contributed by atoms with Gasteiger partial charge in [-0.05, 0) is 0 Å². The SMILES string of the molecule is CC(=O)ONBr. The molecule has 0 aromatic carbocycles. The van der Waals surface area contributed by atoms with E-state index >= 15 is 0 Å². The van der Waals surface area contributed by atoms with E-state index in [1.165, 1.54) is 6.92 Å². The molecule has 4 heteroatoms. The third-order valence-corrected chi connectivity index (χ3v) is 0.344. The third-order valence-electron chi connectivity index (χ3n) is 0.182. The molecule has 0 heterocycles. The maximum Gasteiger partial charge on any atom is 0.322 e. The molecule has 0 radical (unpaired) electrons. The fourth-order valence-electron chi connectivity index (χ4n) is 0.0543. The maximum atomic E-state index is 9.73. The number of hydrogen-bond donors (Lipinski definition) is 1. The normalized spacial score (nSPS) is 7.67. The van der Waals surface area contributed by atoms with Crippen molar-refractivity contribution in [3.63, 3.8) is 0 Å². The fourth-order valence-corrected chi connectivity index (χ4v) is 0.282. The first kappa shape index (κ1) is 5.91. The Morgan fingerprint density at radius 3 is 2.50 bits per heavy atom. The second-order valence-electron chi connectivity index (χ2n) is 0.671. The average Bonchev–Trinajstić information content (AvgIpc) is 1.35. The molecule has 0 aromatic heterocycles. The first-order valence-electron chi connectivity index (χ1n) is 1.30. The van der Waals surface area contributed by atoms with E-state index in [4.69, 9.17) is 0 Å². The van der Waals surface area contributed by atoms with Gasteiger partial charge < -0.3 is 4.84 Å². The minimum absolute atomic E-state index is 0.369. The Morgan fingerprint density at radius 1 is 2.00 bits per heavy atom. The third kappa shape index (κ3) is 3.91. The molecule has 1 N–H and O–H groups in total. The Balaban J connectivity index is 2.83. The molecule has 0 aliphatic carbocycles. The van der Waals surface area contributed by atoms with Crippen LogP contribution < -0.4 is 4.51 Å². The number of hydrogen-bond acceptors (Lipinski definition) is 3. The summed E-state index contributed by atoms with van der Waals surface area (Å²) in [5.74, 6) is -0.369. The number of nitrogens with one attached hydrogen (secondary N) is 1. The van der Waals surface area contributed by atoms with Crippen molar-refractivity contribution in [1.82, 2.24) is 4.51 Å². The van der Waals surface area contributed by atoms with Crippen LogP contribution in [0.3, 0.4) is 0 Å². The Kier molecular flexibility index (Phi) is 3.07. The van der Waals surface area contributed by atoms with Gasteiger partial charge in [0.1, 0.15) is 0 Å². The summed E-state index contributed by atoms with van der Waals surface area (Å²) in [6, 6.07) is 0. The summed E-state index contributed by atoms with van der Waals surface area (Å²) in [5.41, 5.74) is 0. The van der Waals surface area contributed by atoms with Crippen LogP contribution in [0.15, 0.2) is 0 Å². The molecular weight excluding hydrogens is 150 g/mol. The molecule has 0 aliphatic heterocycles. The van der Waals surface area contributed by atoms with Crippen molar-refractivity contribution in [2.45, 2.75) is 6.92 Å². The van der Waals surface area contributed by atoms with Crippen molar-refractivity contribution < 1.29 is 9.63 Å². The summed E-state index contributed by atoms with van der Waals surface area (Å²) in [7, 11) is 0. The largest absolute Gasteiger partial charge is 0.360 e. The van der Waals surface area contributed by atoms with Gasteiger partial charge >= 0.3 is 5.97 Å². The molecule has 3 nitrogen and oxygen atoms in total. The highest BCUT2D eigenvalue weighted by molar-refractivity contribution is 9.07. The van der Waals surface area contributed by atoms with Crippen molar-refractivity contribution in [2.24, 2.45) is 0 Å². The van der Waals surface area contributed by atoms with E-state index in [0.29, 0.717) is 0 Å². The van der Waals surface area contributed by atoms with E-state index in [1.807, 2.05) is 4.51 Å². The van der Waals surface area contributed by atoms with Gasteiger partial charge in [0, 0.05) is 6.92 Å². The van der Waals surface area contributed by atoms with E-state index in [2.05, 4.69) is 21.0 Å². The Morgan fingerprint density at radius 2 is 2.50 bits per heavy atom. The lowest BCUT2D eigenvalue weighted by Crippen LogP contribution is -2.04. The predicted molar refractivity (Wildman–Crippen MR) is 23.8 cm³/mol. The molecule has 0 aliphatic rings. The lowest BCUT2D eigenvalue weighted by molar-refractivity contribution is -0.143. The van der Waals surface area contributed by atoms with Gasteiger partial charge in [0.05, 0.1) is 16.1 Å². The van der Waals surface area contributed by atoms with Gasteiger partial charge in [-0.1, -0.05) is 4.51 Å². The van der Waals surface area contributed by atoms with Crippen molar-refractivity contribution in [2.75, 3.05) is 0 Å². The highest BCUT2D eigenvalue weighted by atomic mass is 79.9. The van der Waals surface area contributed by atoms with Crippen LogP contribution in [-0.4, -0.2) is 5.97 Å².